The van der Waals surface area contributed by atoms with Gasteiger partial charge < -0.3 is 10.6 Å². The molecule has 1 aromatic carbocycles. The van der Waals surface area contributed by atoms with Crippen LogP contribution in [-0.4, -0.2) is 15.7 Å². The summed E-state index contributed by atoms with van der Waals surface area (Å²) in [6.45, 7) is 6.29. The minimum Gasteiger partial charge on any atom is -0.381 e. The molecule has 0 radical (unpaired) electrons. The second-order valence-corrected chi connectivity index (χ2v) is 4.89. The SMILES string of the molecule is CC(=O)Nc1cccc(NCc2c(C)nn(C)c2C)c1. The number of aromatic nitrogens is 2. The number of rotatable bonds is 4. The van der Waals surface area contributed by atoms with Crippen molar-refractivity contribution in [2.45, 2.75) is 27.3 Å². The molecule has 0 saturated carbocycles. The Morgan fingerprint density at radius 2 is 2.00 bits per heavy atom. The molecule has 0 saturated heterocycles. The molecular formula is C15H20N4O. The summed E-state index contributed by atoms with van der Waals surface area (Å²) in [6, 6.07) is 7.68. The Labute approximate surface area is 119 Å². The lowest BCUT2D eigenvalue weighted by Gasteiger charge is -2.09. The number of benzene rings is 1. The van der Waals surface area contributed by atoms with Crippen molar-refractivity contribution in [1.82, 2.24) is 9.78 Å². The fraction of sp³-hybridized carbons (Fsp3) is 0.333. The van der Waals surface area contributed by atoms with E-state index in [0.29, 0.717) is 0 Å². The van der Waals surface area contributed by atoms with E-state index >= 15 is 0 Å². The van der Waals surface area contributed by atoms with Gasteiger partial charge in [-0.15, -0.1) is 0 Å². The first-order valence-corrected chi connectivity index (χ1v) is 6.58. The number of carbonyl (C=O) groups excluding carboxylic acids is 1. The van der Waals surface area contributed by atoms with Crippen LogP contribution >= 0.6 is 0 Å². The van der Waals surface area contributed by atoms with Crippen molar-refractivity contribution in [2.75, 3.05) is 10.6 Å². The molecule has 0 atom stereocenters. The zero-order valence-electron chi connectivity index (χ0n) is 12.3. The summed E-state index contributed by atoms with van der Waals surface area (Å²) in [5.41, 5.74) is 5.17. The molecule has 5 heteroatoms. The highest BCUT2D eigenvalue weighted by atomic mass is 16.1. The summed E-state index contributed by atoms with van der Waals surface area (Å²) < 4.78 is 1.89. The largest absolute Gasteiger partial charge is 0.381 e. The van der Waals surface area contributed by atoms with Crippen LogP contribution in [0.25, 0.3) is 0 Å². The van der Waals surface area contributed by atoms with Gasteiger partial charge in [0.15, 0.2) is 0 Å². The van der Waals surface area contributed by atoms with Crippen molar-refractivity contribution in [2.24, 2.45) is 7.05 Å². The lowest BCUT2D eigenvalue weighted by Crippen LogP contribution is -2.07. The maximum absolute atomic E-state index is 11.1. The lowest BCUT2D eigenvalue weighted by atomic mass is 10.2. The maximum atomic E-state index is 11.1. The second kappa shape index (κ2) is 5.77. The summed E-state index contributed by atoms with van der Waals surface area (Å²) in [6.07, 6.45) is 0. The summed E-state index contributed by atoms with van der Waals surface area (Å²) in [7, 11) is 1.95. The van der Waals surface area contributed by atoms with E-state index in [1.165, 1.54) is 12.5 Å². The van der Waals surface area contributed by atoms with E-state index in [0.717, 1.165) is 29.3 Å². The molecule has 0 aliphatic heterocycles. The molecule has 5 nitrogen and oxygen atoms in total. The molecule has 1 heterocycles. The van der Waals surface area contributed by atoms with Gasteiger partial charge in [-0.05, 0) is 32.0 Å². The molecule has 106 valence electrons. The number of nitrogens with zero attached hydrogens (tertiary/aromatic N) is 2. The third kappa shape index (κ3) is 3.17. The van der Waals surface area contributed by atoms with Gasteiger partial charge in [0.05, 0.1) is 5.69 Å². The Kier molecular flexibility index (Phi) is 4.08. The zero-order valence-corrected chi connectivity index (χ0v) is 12.3. The van der Waals surface area contributed by atoms with E-state index in [1.807, 2.05) is 42.9 Å². The Bertz CT molecular complexity index is 631. The molecule has 1 aromatic heterocycles. The van der Waals surface area contributed by atoms with Crippen molar-refractivity contribution < 1.29 is 4.79 Å². The molecule has 0 aliphatic carbocycles. The third-order valence-electron chi connectivity index (χ3n) is 3.31. The Balaban J connectivity index is 2.09. The number of anilines is 2. The Morgan fingerprint density at radius 3 is 2.60 bits per heavy atom. The van der Waals surface area contributed by atoms with Crippen LogP contribution in [0.1, 0.15) is 23.9 Å². The van der Waals surface area contributed by atoms with Gasteiger partial charge in [0, 0.05) is 43.1 Å². The van der Waals surface area contributed by atoms with E-state index < -0.39 is 0 Å². The molecule has 2 aromatic rings. The van der Waals surface area contributed by atoms with Gasteiger partial charge >= 0.3 is 0 Å². The molecule has 2 rings (SSSR count). The van der Waals surface area contributed by atoms with Crippen LogP contribution in [0.5, 0.6) is 0 Å². The fourth-order valence-electron chi connectivity index (χ4n) is 2.17. The standard InChI is InChI=1S/C15H20N4O/c1-10-15(11(2)19(4)18-10)9-16-13-6-5-7-14(8-13)17-12(3)20/h5-8,16H,9H2,1-4H3,(H,17,20). The number of aryl methyl sites for hydroxylation is 2. The highest BCUT2D eigenvalue weighted by Gasteiger charge is 2.08. The van der Waals surface area contributed by atoms with Gasteiger partial charge in [0.1, 0.15) is 0 Å². The lowest BCUT2D eigenvalue weighted by molar-refractivity contribution is -0.114. The van der Waals surface area contributed by atoms with Crippen LogP contribution in [0, 0.1) is 13.8 Å². The van der Waals surface area contributed by atoms with Gasteiger partial charge in [-0.25, -0.2) is 0 Å². The van der Waals surface area contributed by atoms with Crippen LogP contribution in [-0.2, 0) is 18.4 Å². The predicted octanol–water partition coefficient (Wildman–Crippen LogP) is 2.61. The normalized spacial score (nSPS) is 10.4. The van der Waals surface area contributed by atoms with Crippen molar-refractivity contribution in [3.8, 4) is 0 Å². The van der Waals surface area contributed by atoms with Crippen LogP contribution < -0.4 is 10.6 Å². The van der Waals surface area contributed by atoms with Gasteiger partial charge in [0.2, 0.25) is 5.91 Å². The van der Waals surface area contributed by atoms with Crippen LogP contribution in [0.3, 0.4) is 0 Å². The molecule has 20 heavy (non-hydrogen) atoms. The van der Waals surface area contributed by atoms with Gasteiger partial charge in [-0.2, -0.15) is 5.10 Å². The van der Waals surface area contributed by atoms with E-state index in [9.17, 15) is 4.79 Å². The monoisotopic (exact) mass is 272 g/mol. The fourth-order valence-corrected chi connectivity index (χ4v) is 2.17. The van der Waals surface area contributed by atoms with Crippen molar-refractivity contribution in [1.29, 1.82) is 0 Å². The molecule has 0 spiro atoms. The van der Waals surface area contributed by atoms with E-state index in [-0.39, 0.29) is 5.91 Å². The first-order chi connectivity index (χ1) is 9.47. The molecule has 0 aliphatic rings. The van der Waals surface area contributed by atoms with Crippen molar-refractivity contribution in [3.05, 3.63) is 41.2 Å². The quantitative estimate of drug-likeness (QED) is 0.899. The smallest absolute Gasteiger partial charge is 0.221 e. The molecule has 0 bridgehead atoms. The molecule has 0 unspecified atom stereocenters. The molecule has 1 amide bonds. The van der Waals surface area contributed by atoms with E-state index in [4.69, 9.17) is 0 Å². The van der Waals surface area contributed by atoms with Crippen LogP contribution in [0.2, 0.25) is 0 Å². The van der Waals surface area contributed by atoms with Crippen LogP contribution in [0.15, 0.2) is 24.3 Å². The molecule has 2 N–H and O–H groups in total. The van der Waals surface area contributed by atoms with Gasteiger partial charge in [-0.3, -0.25) is 9.48 Å². The first-order valence-electron chi connectivity index (χ1n) is 6.58. The highest BCUT2D eigenvalue weighted by Crippen LogP contribution is 2.18. The summed E-state index contributed by atoms with van der Waals surface area (Å²) in [5, 5.41) is 10.5. The second-order valence-electron chi connectivity index (χ2n) is 4.89. The van der Waals surface area contributed by atoms with Crippen molar-refractivity contribution in [3.63, 3.8) is 0 Å². The van der Waals surface area contributed by atoms with E-state index in [1.54, 1.807) is 0 Å². The van der Waals surface area contributed by atoms with Crippen molar-refractivity contribution >= 4 is 17.3 Å². The number of hydrogen-bond donors (Lipinski definition) is 2. The highest BCUT2D eigenvalue weighted by molar-refractivity contribution is 5.89. The topological polar surface area (TPSA) is 59.0 Å². The summed E-state index contributed by atoms with van der Waals surface area (Å²) in [5.74, 6) is -0.0684. The zero-order chi connectivity index (χ0) is 14.7. The molecule has 0 fully saturated rings. The Morgan fingerprint density at radius 1 is 1.30 bits per heavy atom. The summed E-state index contributed by atoms with van der Waals surface area (Å²) >= 11 is 0. The third-order valence-corrected chi connectivity index (χ3v) is 3.31. The number of amides is 1. The molecular weight excluding hydrogens is 252 g/mol. The minimum atomic E-state index is -0.0684. The number of hydrogen-bond acceptors (Lipinski definition) is 3. The van der Waals surface area contributed by atoms with Crippen LogP contribution in [0.4, 0.5) is 11.4 Å². The predicted molar refractivity (Wildman–Crippen MR) is 80.8 cm³/mol. The minimum absolute atomic E-state index is 0.0684. The first kappa shape index (κ1) is 14.1. The Hall–Kier alpha value is -2.30. The number of nitrogens with one attached hydrogen (secondary N) is 2. The number of carbonyl (C=O) groups is 1. The van der Waals surface area contributed by atoms with Gasteiger partial charge in [-0.1, -0.05) is 6.07 Å². The van der Waals surface area contributed by atoms with Gasteiger partial charge in [0.25, 0.3) is 0 Å². The summed E-state index contributed by atoms with van der Waals surface area (Å²) in [4.78, 5) is 11.1. The van der Waals surface area contributed by atoms with E-state index in [2.05, 4.69) is 22.7 Å². The average molecular weight is 272 g/mol. The average Bonchev–Trinajstić information content (AvgIpc) is 2.61. The maximum Gasteiger partial charge on any atom is 0.221 e.